The number of halogens is 1. The van der Waals surface area contributed by atoms with Crippen LogP contribution in [0, 0.1) is 5.92 Å². The van der Waals surface area contributed by atoms with Gasteiger partial charge in [-0.05, 0) is 42.5 Å². The Labute approximate surface area is 203 Å². The van der Waals surface area contributed by atoms with E-state index in [0.717, 1.165) is 29.7 Å². The van der Waals surface area contributed by atoms with Crippen molar-refractivity contribution in [2.45, 2.75) is 38.1 Å². The fourth-order valence-corrected chi connectivity index (χ4v) is 3.45. The third-order valence-electron chi connectivity index (χ3n) is 4.65. The Morgan fingerprint density at radius 3 is 2.35 bits per heavy atom. The highest BCUT2D eigenvalue weighted by Crippen LogP contribution is 2.18. The molecule has 0 bridgehead atoms. The molecule has 2 aromatic rings. The fraction of sp³-hybridized carbons (Fsp3) is 0.435. The first-order valence-corrected chi connectivity index (χ1v) is 12.1. The van der Waals surface area contributed by atoms with E-state index in [1.165, 1.54) is 6.26 Å². The van der Waals surface area contributed by atoms with Crippen LogP contribution in [0.2, 0.25) is 0 Å². The van der Waals surface area contributed by atoms with Gasteiger partial charge in [0.1, 0.15) is 5.75 Å². The van der Waals surface area contributed by atoms with Crippen LogP contribution in [0.4, 0.5) is 0 Å². The summed E-state index contributed by atoms with van der Waals surface area (Å²) in [4.78, 5) is 4.61. The zero-order valence-electron chi connectivity index (χ0n) is 18.7. The summed E-state index contributed by atoms with van der Waals surface area (Å²) < 4.78 is 29.0. The van der Waals surface area contributed by atoms with Crippen LogP contribution in [-0.4, -0.2) is 40.8 Å². The van der Waals surface area contributed by atoms with E-state index in [1.54, 1.807) is 19.2 Å². The van der Waals surface area contributed by atoms with Crippen LogP contribution in [0.5, 0.6) is 5.75 Å². The van der Waals surface area contributed by atoms with Crippen LogP contribution >= 0.6 is 24.0 Å². The Hall–Kier alpha value is -1.81. The molecule has 31 heavy (non-hydrogen) atoms. The molecule has 0 saturated heterocycles. The minimum atomic E-state index is -3.16. The van der Waals surface area contributed by atoms with Crippen molar-refractivity contribution in [1.29, 1.82) is 0 Å². The first kappa shape index (κ1) is 27.2. The van der Waals surface area contributed by atoms with Gasteiger partial charge in [-0.25, -0.2) is 8.42 Å². The van der Waals surface area contributed by atoms with Gasteiger partial charge in [-0.3, -0.25) is 4.99 Å². The summed E-state index contributed by atoms with van der Waals surface area (Å²) in [7, 11) is -1.42. The number of para-hydroxylation sites is 1. The third kappa shape index (κ3) is 9.90. The molecule has 0 unspecified atom stereocenters. The molecule has 0 atom stereocenters. The molecule has 2 aromatic carbocycles. The molecule has 0 radical (unpaired) electrons. The SMILES string of the molecule is CN=C(NCCc1ccc(S(C)(=O)=O)cc1)NCc1ccccc1OCCC(C)C.I. The van der Waals surface area contributed by atoms with E-state index < -0.39 is 9.84 Å². The molecule has 2 rings (SSSR count). The third-order valence-corrected chi connectivity index (χ3v) is 5.78. The molecule has 0 saturated carbocycles. The van der Waals surface area contributed by atoms with Gasteiger partial charge in [0, 0.05) is 32.0 Å². The largest absolute Gasteiger partial charge is 0.493 e. The lowest BCUT2D eigenvalue weighted by atomic mass is 10.1. The molecule has 6 nitrogen and oxygen atoms in total. The van der Waals surface area contributed by atoms with Gasteiger partial charge < -0.3 is 15.4 Å². The maximum Gasteiger partial charge on any atom is 0.191 e. The number of nitrogens with zero attached hydrogens (tertiary/aromatic N) is 1. The Morgan fingerprint density at radius 1 is 1.06 bits per heavy atom. The van der Waals surface area contributed by atoms with Gasteiger partial charge in [0.25, 0.3) is 0 Å². The second-order valence-corrected chi connectivity index (χ2v) is 9.67. The van der Waals surface area contributed by atoms with Crippen molar-refractivity contribution in [1.82, 2.24) is 10.6 Å². The van der Waals surface area contributed by atoms with Gasteiger partial charge in [0.15, 0.2) is 15.8 Å². The highest BCUT2D eigenvalue weighted by Gasteiger charge is 2.07. The van der Waals surface area contributed by atoms with Crippen LogP contribution < -0.4 is 15.4 Å². The molecule has 8 heteroatoms. The van der Waals surface area contributed by atoms with Gasteiger partial charge in [-0.15, -0.1) is 24.0 Å². The predicted molar refractivity (Wildman–Crippen MR) is 138 cm³/mol. The molecule has 0 aliphatic rings. The number of sulfone groups is 1. The fourth-order valence-electron chi connectivity index (χ4n) is 2.82. The number of rotatable bonds is 10. The maximum absolute atomic E-state index is 11.5. The Morgan fingerprint density at radius 2 is 1.74 bits per heavy atom. The summed E-state index contributed by atoms with van der Waals surface area (Å²) in [5.74, 6) is 2.22. The zero-order chi connectivity index (χ0) is 22.0. The molecule has 0 aromatic heterocycles. The Kier molecular flexibility index (Phi) is 11.9. The summed E-state index contributed by atoms with van der Waals surface area (Å²) in [6, 6.07) is 15.0. The lowest BCUT2D eigenvalue weighted by Gasteiger charge is -2.15. The van der Waals surface area contributed by atoms with Crippen LogP contribution in [0.15, 0.2) is 58.4 Å². The second kappa shape index (κ2) is 13.6. The first-order chi connectivity index (χ1) is 14.3. The van der Waals surface area contributed by atoms with Gasteiger partial charge >= 0.3 is 0 Å². The zero-order valence-corrected chi connectivity index (χ0v) is 21.9. The molecule has 0 aliphatic carbocycles. The highest BCUT2D eigenvalue weighted by atomic mass is 127. The van der Waals surface area contributed by atoms with E-state index in [0.29, 0.717) is 36.5 Å². The van der Waals surface area contributed by atoms with E-state index in [2.05, 4.69) is 29.5 Å². The Balaban J connectivity index is 0.00000480. The smallest absolute Gasteiger partial charge is 0.191 e. The molecular formula is C23H34IN3O3S. The van der Waals surface area contributed by atoms with Crippen molar-refractivity contribution < 1.29 is 13.2 Å². The normalized spacial score (nSPS) is 11.7. The van der Waals surface area contributed by atoms with Crippen LogP contribution in [0.1, 0.15) is 31.4 Å². The standard InChI is InChI=1S/C23H33N3O3S.HI/c1-18(2)14-16-29-22-8-6-5-7-20(22)17-26-23(24-3)25-15-13-19-9-11-21(12-10-19)30(4,27)28;/h5-12,18H,13-17H2,1-4H3,(H2,24,25,26);1H. The number of hydrogen-bond acceptors (Lipinski definition) is 4. The number of nitrogens with one attached hydrogen (secondary N) is 2. The van der Waals surface area contributed by atoms with Crippen molar-refractivity contribution >= 4 is 39.8 Å². The van der Waals surface area contributed by atoms with Crippen molar-refractivity contribution in [3.8, 4) is 5.75 Å². The average Bonchev–Trinajstić information content (AvgIpc) is 2.71. The van der Waals surface area contributed by atoms with Crippen molar-refractivity contribution in [2.24, 2.45) is 10.9 Å². The lowest BCUT2D eigenvalue weighted by molar-refractivity contribution is 0.286. The minimum Gasteiger partial charge on any atom is -0.493 e. The van der Waals surface area contributed by atoms with Crippen LogP contribution in [-0.2, 0) is 22.8 Å². The molecule has 0 aliphatic heterocycles. The van der Waals surface area contributed by atoms with E-state index in [9.17, 15) is 8.42 Å². The average molecular weight is 560 g/mol. The van der Waals surface area contributed by atoms with Crippen molar-refractivity contribution in [2.75, 3.05) is 26.5 Å². The van der Waals surface area contributed by atoms with E-state index in [4.69, 9.17) is 4.74 Å². The highest BCUT2D eigenvalue weighted by molar-refractivity contribution is 14.0. The summed E-state index contributed by atoms with van der Waals surface area (Å²) in [5, 5.41) is 6.61. The summed E-state index contributed by atoms with van der Waals surface area (Å²) in [5.41, 5.74) is 2.15. The van der Waals surface area contributed by atoms with E-state index in [1.807, 2.05) is 36.4 Å². The molecule has 172 valence electrons. The summed E-state index contributed by atoms with van der Waals surface area (Å²) in [6.07, 6.45) is 3.00. The molecule has 2 N–H and O–H groups in total. The Bertz CT molecular complexity index is 929. The number of benzene rings is 2. The predicted octanol–water partition coefficient (Wildman–Crippen LogP) is 4.04. The summed E-state index contributed by atoms with van der Waals surface area (Å²) in [6.45, 7) is 6.38. The van der Waals surface area contributed by atoms with E-state index in [-0.39, 0.29) is 24.0 Å². The number of aliphatic imine (C=N–C) groups is 1. The number of guanidine groups is 1. The number of ether oxygens (including phenoxy) is 1. The topological polar surface area (TPSA) is 79.8 Å². The van der Waals surface area contributed by atoms with Crippen LogP contribution in [0.25, 0.3) is 0 Å². The monoisotopic (exact) mass is 559 g/mol. The van der Waals surface area contributed by atoms with Gasteiger partial charge in [0.2, 0.25) is 0 Å². The van der Waals surface area contributed by atoms with Gasteiger partial charge in [-0.1, -0.05) is 44.2 Å². The van der Waals surface area contributed by atoms with Gasteiger partial charge in [-0.2, -0.15) is 0 Å². The maximum atomic E-state index is 11.5. The van der Waals surface area contributed by atoms with Crippen molar-refractivity contribution in [3.63, 3.8) is 0 Å². The molecule has 0 spiro atoms. The van der Waals surface area contributed by atoms with Crippen LogP contribution in [0.3, 0.4) is 0 Å². The van der Waals surface area contributed by atoms with Crippen molar-refractivity contribution in [3.05, 3.63) is 59.7 Å². The molecule has 0 heterocycles. The number of hydrogen-bond donors (Lipinski definition) is 2. The molecular weight excluding hydrogens is 525 g/mol. The first-order valence-electron chi connectivity index (χ1n) is 10.2. The quantitative estimate of drug-likeness (QED) is 0.261. The molecule has 0 fully saturated rings. The second-order valence-electron chi connectivity index (χ2n) is 7.66. The van der Waals surface area contributed by atoms with Gasteiger partial charge in [0.05, 0.1) is 11.5 Å². The molecule has 0 amide bonds. The summed E-state index contributed by atoms with van der Waals surface area (Å²) >= 11 is 0. The lowest BCUT2D eigenvalue weighted by Crippen LogP contribution is -2.37. The minimum absolute atomic E-state index is 0. The van der Waals surface area contributed by atoms with E-state index >= 15 is 0 Å².